The molecule has 6 aromatic rings. The van der Waals surface area contributed by atoms with Crippen molar-refractivity contribution in [2.24, 2.45) is 5.41 Å². The lowest BCUT2D eigenvalue weighted by Gasteiger charge is -2.36. The molecule has 2 aliphatic rings. The van der Waals surface area contributed by atoms with Gasteiger partial charge < -0.3 is 36.0 Å². The van der Waals surface area contributed by atoms with Crippen LogP contribution in [0.2, 0.25) is 0 Å². The van der Waals surface area contributed by atoms with Gasteiger partial charge in [-0.05, 0) is 93.1 Å². The minimum Gasteiger partial charge on any atom is -0.391 e. The Bertz CT molecular complexity index is 3000. The number of benzene rings is 2. The Morgan fingerprint density at radius 2 is 1.63 bits per heavy atom. The second-order valence-electron chi connectivity index (χ2n) is 21.3. The number of amides is 3. The van der Waals surface area contributed by atoms with Gasteiger partial charge in [0.15, 0.2) is 11.5 Å². The number of hydrogen-bond donors (Lipinski definition) is 5. The molecule has 3 amide bonds. The van der Waals surface area contributed by atoms with Gasteiger partial charge >= 0.3 is 0 Å². The van der Waals surface area contributed by atoms with E-state index in [1.165, 1.54) is 15.8 Å². The van der Waals surface area contributed by atoms with Crippen LogP contribution in [0.4, 0.5) is 17.3 Å². The number of carbonyl (C=O) groups is 3. The van der Waals surface area contributed by atoms with Crippen LogP contribution >= 0.6 is 11.3 Å². The van der Waals surface area contributed by atoms with E-state index in [1.807, 2.05) is 69.6 Å². The molecule has 3 atom stereocenters. The van der Waals surface area contributed by atoms with Gasteiger partial charge in [0.05, 0.1) is 34.4 Å². The molecule has 5 N–H and O–H groups in total. The van der Waals surface area contributed by atoms with Crippen LogP contribution in [0.5, 0.6) is 0 Å². The van der Waals surface area contributed by atoms with Gasteiger partial charge in [-0.1, -0.05) is 76.4 Å². The fourth-order valence-corrected chi connectivity index (χ4v) is 10.6. The second-order valence-corrected chi connectivity index (χ2v) is 22.2. The maximum Gasteiger partial charge on any atom is 0.278 e. The highest BCUT2D eigenvalue weighted by molar-refractivity contribution is 7.13. The predicted octanol–water partition coefficient (Wildman–Crippen LogP) is 6.84. The first kappa shape index (κ1) is 54.5. The van der Waals surface area contributed by atoms with E-state index in [0.29, 0.717) is 41.3 Å². The number of nitrogens with one attached hydrogen (secondary N) is 3. The van der Waals surface area contributed by atoms with E-state index in [1.54, 1.807) is 54.1 Å². The normalized spacial score (nSPS) is 16.8. The summed E-state index contributed by atoms with van der Waals surface area (Å²) in [4.78, 5) is 80.0. The Balaban J connectivity index is 0.741. The SMILES string of the molecule is C=CCn1c(=O)c2cnc(Nc3ccc(N4CCN(CCCCCCCC(=O)N[C@H](C(=O)N5C[C@H](O)C[C@H]5C(=O)NCc5ccc(-c6scnc6C)cc5)C(C)(C)C)CC4)cc3)nc2n1-c1cccc(C(C)(C)O)n1. The van der Waals surface area contributed by atoms with Crippen molar-refractivity contribution in [1.82, 2.24) is 49.7 Å². The van der Waals surface area contributed by atoms with Crippen molar-refractivity contribution in [3.8, 4) is 16.3 Å². The summed E-state index contributed by atoms with van der Waals surface area (Å²) in [6, 6.07) is 19.7. The molecule has 19 heteroatoms. The lowest BCUT2D eigenvalue weighted by atomic mass is 9.85. The van der Waals surface area contributed by atoms with Crippen LogP contribution in [-0.2, 0) is 33.1 Å². The lowest BCUT2D eigenvalue weighted by molar-refractivity contribution is -0.144. The fraction of sp³-hybridized carbons (Fsp3) is 0.464. The summed E-state index contributed by atoms with van der Waals surface area (Å²) in [5.41, 5.74) is 5.48. The molecule has 2 aliphatic heterocycles. The molecule has 0 bridgehead atoms. The van der Waals surface area contributed by atoms with Crippen LogP contribution in [0.15, 0.2) is 95.9 Å². The molecule has 2 aromatic carbocycles. The van der Waals surface area contributed by atoms with E-state index >= 15 is 0 Å². The molecule has 0 saturated carbocycles. The summed E-state index contributed by atoms with van der Waals surface area (Å²) in [5.74, 6) is -0.116. The van der Waals surface area contributed by atoms with Gasteiger partial charge in [-0.15, -0.1) is 17.9 Å². The molecule has 0 unspecified atom stereocenters. The number of unbranched alkanes of at least 4 members (excludes halogenated alkanes) is 4. The van der Waals surface area contributed by atoms with E-state index < -0.39 is 29.2 Å². The summed E-state index contributed by atoms with van der Waals surface area (Å²) in [6.07, 6.45) is 7.56. The van der Waals surface area contributed by atoms with Gasteiger partial charge in [-0.2, -0.15) is 4.98 Å². The number of hydrogen-bond acceptors (Lipinski definition) is 14. The largest absolute Gasteiger partial charge is 0.391 e. The highest BCUT2D eigenvalue weighted by Gasteiger charge is 2.44. The van der Waals surface area contributed by atoms with Crippen LogP contribution in [-0.4, -0.2) is 124 Å². The number of aliphatic hydroxyl groups excluding tert-OH is 1. The molecule has 2 fully saturated rings. The number of piperazine rings is 1. The number of anilines is 3. The Labute approximate surface area is 442 Å². The minimum absolute atomic E-state index is 0.0318. The number of β-amino-alcohol motifs (C(OH)–C–C–N with tert-alkyl or cyclic N) is 1. The molecule has 75 heavy (non-hydrogen) atoms. The summed E-state index contributed by atoms with van der Waals surface area (Å²) in [6.45, 7) is 20.2. The van der Waals surface area contributed by atoms with Crippen molar-refractivity contribution >= 4 is 57.4 Å². The molecule has 0 spiro atoms. The zero-order valence-corrected chi connectivity index (χ0v) is 44.9. The number of fused-ring (bicyclic) bond motifs is 1. The number of allylic oxidation sites excluding steroid dienone is 1. The quantitative estimate of drug-likeness (QED) is 0.0369. The average molecular weight is 1040 g/mol. The third-order valence-corrected chi connectivity index (χ3v) is 15.0. The number of likely N-dealkylation sites (tertiary alicyclic amines) is 1. The number of pyridine rings is 1. The monoisotopic (exact) mass is 1040 g/mol. The molecule has 6 heterocycles. The van der Waals surface area contributed by atoms with E-state index in [9.17, 15) is 29.4 Å². The standard InChI is InChI=1S/C56H72N12O6S/c1-8-26-67-52(72)43-34-58-54(63-50(43)68(67)46-16-14-15-45(61-46)56(6,7)74)60-40-22-24-41(25-23-40)65-30-28-64(29-31-65)27-13-11-9-10-12-17-47(70)62-49(55(3,4)5)53(73)66-35-42(69)32-44(66)51(71)57-33-38-18-20-39(21-19-38)48-37(2)59-36-75-48/h8,14-16,18-25,34,36,42,44,49,69,74H,1,9-13,17,26-33,35H2,2-7H3,(H,57,71)(H,62,70)(H,58,60,63)/t42-,44+,49-/m1/s1. The Morgan fingerprint density at radius 3 is 2.31 bits per heavy atom. The van der Waals surface area contributed by atoms with Crippen LogP contribution in [0, 0.1) is 12.3 Å². The van der Waals surface area contributed by atoms with Crippen molar-refractivity contribution in [1.29, 1.82) is 0 Å². The fourth-order valence-electron chi connectivity index (χ4n) is 9.77. The van der Waals surface area contributed by atoms with Crippen LogP contribution in [0.1, 0.15) is 96.5 Å². The first-order chi connectivity index (χ1) is 35.9. The maximum absolute atomic E-state index is 14.1. The van der Waals surface area contributed by atoms with Gasteiger partial charge in [0.25, 0.3) is 5.56 Å². The van der Waals surface area contributed by atoms with Crippen molar-refractivity contribution in [3.05, 3.63) is 118 Å². The summed E-state index contributed by atoms with van der Waals surface area (Å²) < 4.78 is 3.14. The summed E-state index contributed by atoms with van der Waals surface area (Å²) in [7, 11) is 0. The van der Waals surface area contributed by atoms with Crippen molar-refractivity contribution in [2.75, 3.05) is 49.5 Å². The number of thiazole rings is 1. The third kappa shape index (κ3) is 13.4. The van der Waals surface area contributed by atoms with Gasteiger partial charge in [-0.3, -0.25) is 24.1 Å². The lowest BCUT2D eigenvalue weighted by Crippen LogP contribution is -2.57. The van der Waals surface area contributed by atoms with Crippen LogP contribution in [0.25, 0.3) is 27.3 Å². The number of aryl methyl sites for hydroxylation is 1. The molecule has 8 rings (SSSR count). The average Bonchev–Trinajstić information content (AvgIpc) is 4.08. The first-order valence-corrected chi connectivity index (χ1v) is 26.9. The molecule has 0 radical (unpaired) electrons. The van der Waals surface area contributed by atoms with E-state index in [2.05, 4.69) is 59.4 Å². The third-order valence-electron chi connectivity index (χ3n) is 14.0. The highest BCUT2D eigenvalue weighted by Crippen LogP contribution is 2.30. The molecule has 2 saturated heterocycles. The number of rotatable bonds is 21. The zero-order valence-electron chi connectivity index (χ0n) is 44.1. The van der Waals surface area contributed by atoms with Crippen LogP contribution < -0.4 is 26.4 Å². The van der Waals surface area contributed by atoms with Crippen molar-refractivity contribution < 1.29 is 24.6 Å². The zero-order chi connectivity index (χ0) is 53.4. The van der Waals surface area contributed by atoms with Crippen molar-refractivity contribution in [3.63, 3.8) is 0 Å². The number of nitrogens with zero attached hydrogens (tertiary/aromatic N) is 9. The van der Waals surface area contributed by atoms with Gasteiger partial charge in [0.2, 0.25) is 23.7 Å². The van der Waals surface area contributed by atoms with E-state index in [-0.39, 0.29) is 49.3 Å². The Hall–Kier alpha value is -6.80. The molecular formula is C56H72N12O6S. The molecule has 398 valence electrons. The molecule has 18 nitrogen and oxygen atoms in total. The summed E-state index contributed by atoms with van der Waals surface area (Å²) in [5, 5.41) is 30.9. The number of carbonyl (C=O) groups excluding carboxylic acids is 3. The van der Waals surface area contributed by atoms with Crippen LogP contribution in [0.3, 0.4) is 0 Å². The first-order valence-electron chi connectivity index (χ1n) is 26.1. The summed E-state index contributed by atoms with van der Waals surface area (Å²) >= 11 is 1.58. The van der Waals surface area contributed by atoms with E-state index in [4.69, 9.17) is 4.98 Å². The van der Waals surface area contributed by atoms with Gasteiger partial charge in [0.1, 0.15) is 23.1 Å². The minimum atomic E-state index is -1.18. The molecule has 4 aromatic heterocycles. The Morgan fingerprint density at radius 1 is 0.907 bits per heavy atom. The molecular weight excluding hydrogens is 969 g/mol. The van der Waals surface area contributed by atoms with Gasteiger partial charge in [0, 0.05) is 69.7 Å². The number of aliphatic hydroxyl groups is 2. The number of aromatic nitrogens is 6. The van der Waals surface area contributed by atoms with Gasteiger partial charge in [-0.25, -0.2) is 24.3 Å². The highest BCUT2D eigenvalue weighted by atomic mass is 32.1. The van der Waals surface area contributed by atoms with E-state index in [0.717, 1.165) is 91.5 Å². The molecule has 0 aliphatic carbocycles. The smallest absolute Gasteiger partial charge is 0.278 e. The topological polar surface area (TPSA) is 216 Å². The maximum atomic E-state index is 14.1. The predicted molar refractivity (Wildman–Crippen MR) is 294 cm³/mol. The second kappa shape index (κ2) is 23.8. The van der Waals surface area contributed by atoms with Crippen molar-refractivity contribution in [2.45, 2.75) is 123 Å². The Kier molecular flexibility index (Phi) is 17.3.